The van der Waals surface area contributed by atoms with E-state index in [0.717, 1.165) is 60.3 Å². The van der Waals surface area contributed by atoms with Gasteiger partial charge in [0.25, 0.3) is 0 Å². The summed E-state index contributed by atoms with van der Waals surface area (Å²) in [6.07, 6.45) is 6.46. The minimum atomic E-state index is -0.874. The maximum atomic E-state index is 14.2. The molecule has 1 saturated heterocycles. The van der Waals surface area contributed by atoms with Crippen LogP contribution in [0, 0.1) is 11.3 Å². The van der Waals surface area contributed by atoms with Crippen LogP contribution < -0.4 is 10.5 Å². The molecule has 2 N–H and O–H groups in total. The SMILES string of the molecule is CCCCc1c(-c2nc(O[C@@H](C)[C@@H]3C[C@@H](F)CN3C)cc(-c3ccn(C)n3)n2)noc1[C@H]1CCCc2sc(N)c(C#N)c21. The fourth-order valence-corrected chi connectivity index (χ4v) is 7.60. The number of likely N-dealkylation sites (N-methyl/N-ethyl adjacent to an activating group) is 1. The number of hydrogen-bond donors (Lipinski definition) is 1. The van der Waals surface area contributed by atoms with Crippen molar-refractivity contribution in [2.75, 3.05) is 19.3 Å². The number of anilines is 1. The van der Waals surface area contributed by atoms with Crippen molar-refractivity contribution in [1.82, 2.24) is 29.8 Å². The van der Waals surface area contributed by atoms with Gasteiger partial charge in [0, 0.05) is 48.3 Å². The van der Waals surface area contributed by atoms with Crippen molar-refractivity contribution < 1.29 is 13.7 Å². The van der Waals surface area contributed by atoms with Crippen molar-refractivity contribution in [3.05, 3.63) is 45.7 Å². The maximum absolute atomic E-state index is 14.2. The van der Waals surface area contributed by atoms with Gasteiger partial charge in [-0.05, 0) is 64.1 Å². The van der Waals surface area contributed by atoms with Crippen molar-refractivity contribution in [2.24, 2.45) is 7.05 Å². The third-order valence-electron chi connectivity index (χ3n) is 8.61. The van der Waals surface area contributed by atoms with E-state index in [1.165, 1.54) is 11.3 Å². The Kier molecular flexibility index (Phi) is 8.20. The predicted molar refractivity (Wildman–Crippen MR) is 163 cm³/mol. The van der Waals surface area contributed by atoms with E-state index in [1.54, 1.807) is 10.7 Å². The largest absolute Gasteiger partial charge is 0.473 e. The zero-order chi connectivity index (χ0) is 30.2. The Balaban J connectivity index is 1.44. The first-order valence-corrected chi connectivity index (χ1v) is 15.8. The summed E-state index contributed by atoms with van der Waals surface area (Å²) in [4.78, 5) is 12.9. The fraction of sp³-hybridized carbons (Fsp3) is 0.516. The van der Waals surface area contributed by atoms with Crippen molar-refractivity contribution in [3.8, 4) is 34.9 Å². The molecule has 4 atom stereocenters. The number of aromatic nitrogens is 5. The fourth-order valence-electron chi connectivity index (χ4n) is 6.48. The second-order valence-electron chi connectivity index (χ2n) is 11.7. The van der Waals surface area contributed by atoms with E-state index in [0.29, 0.717) is 52.3 Å². The lowest BCUT2D eigenvalue weighted by molar-refractivity contribution is 0.117. The summed E-state index contributed by atoms with van der Waals surface area (Å²) in [6, 6.07) is 5.92. The van der Waals surface area contributed by atoms with Gasteiger partial charge >= 0.3 is 0 Å². The molecule has 12 heteroatoms. The molecule has 4 aromatic heterocycles. The maximum Gasteiger partial charge on any atom is 0.217 e. The molecule has 43 heavy (non-hydrogen) atoms. The highest BCUT2D eigenvalue weighted by molar-refractivity contribution is 7.16. The van der Waals surface area contributed by atoms with Crippen molar-refractivity contribution in [2.45, 2.75) is 83.0 Å². The second-order valence-corrected chi connectivity index (χ2v) is 12.8. The van der Waals surface area contributed by atoms with E-state index in [1.807, 2.05) is 38.2 Å². The monoisotopic (exact) mass is 604 g/mol. The van der Waals surface area contributed by atoms with Gasteiger partial charge in [0.1, 0.15) is 34.8 Å². The molecule has 0 bridgehead atoms. The average molecular weight is 605 g/mol. The topological polar surface area (TPSA) is 132 Å². The van der Waals surface area contributed by atoms with Crippen LogP contribution in [0.1, 0.15) is 79.2 Å². The van der Waals surface area contributed by atoms with E-state index in [-0.39, 0.29) is 18.1 Å². The molecule has 1 aliphatic carbocycles. The normalized spacial score (nSPS) is 21.1. The molecule has 4 aromatic rings. The molecule has 6 rings (SSSR count). The van der Waals surface area contributed by atoms with Gasteiger partial charge in [0.2, 0.25) is 5.88 Å². The van der Waals surface area contributed by atoms with Crippen LogP contribution in [0.25, 0.3) is 22.9 Å². The molecule has 0 radical (unpaired) electrons. The quantitative estimate of drug-likeness (QED) is 0.257. The third-order valence-corrected chi connectivity index (χ3v) is 9.70. The lowest BCUT2D eigenvalue weighted by Crippen LogP contribution is -2.38. The first-order valence-electron chi connectivity index (χ1n) is 15.0. The van der Waals surface area contributed by atoms with Gasteiger partial charge in [0.15, 0.2) is 11.5 Å². The van der Waals surface area contributed by atoms with Gasteiger partial charge in [-0.25, -0.2) is 9.37 Å². The van der Waals surface area contributed by atoms with E-state index < -0.39 is 6.17 Å². The molecule has 0 amide bonds. The van der Waals surface area contributed by atoms with E-state index in [2.05, 4.69) is 23.2 Å². The molecule has 0 unspecified atom stereocenters. The van der Waals surface area contributed by atoms with Crippen LogP contribution in [-0.4, -0.2) is 61.7 Å². The lowest BCUT2D eigenvalue weighted by Gasteiger charge is -2.26. The lowest BCUT2D eigenvalue weighted by atomic mass is 9.81. The molecule has 0 spiro atoms. The summed E-state index contributed by atoms with van der Waals surface area (Å²) in [5.74, 6) is 1.40. The Morgan fingerprint density at radius 1 is 1.30 bits per heavy atom. The van der Waals surface area contributed by atoms with Gasteiger partial charge in [-0.2, -0.15) is 15.3 Å². The minimum absolute atomic E-state index is 0.0710. The van der Waals surface area contributed by atoms with E-state index in [4.69, 9.17) is 25.0 Å². The number of nitriles is 1. The van der Waals surface area contributed by atoms with Crippen LogP contribution >= 0.6 is 11.3 Å². The Morgan fingerprint density at radius 3 is 2.84 bits per heavy atom. The number of ether oxygens (including phenoxy) is 1. The number of unbranched alkanes of at least 4 members (excludes halogenated alkanes) is 1. The standard InChI is InChI=1S/C31H37FN8O2S/c1-5-6-8-20-28(38-42-29(20)19-9-7-10-25-27(19)21(15-33)30(34)43-25)31-35-23(22-11-12-40(4)37-22)14-26(36-31)41-17(2)24-13-18(32)16-39(24)3/h11-12,14,17-19,24H,5-10,13,16,34H2,1-4H3/t17-,18+,19-,24-/m0/s1. The van der Waals surface area contributed by atoms with Crippen LogP contribution in [0.4, 0.5) is 9.39 Å². The first-order chi connectivity index (χ1) is 20.8. The number of hydrogen-bond acceptors (Lipinski definition) is 10. The molecule has 10 nitrogen and oxygen atoms in total. The number of fused-ring (bicyclic) bond motifs is 1. The molecule has 5 heterocycles. The number of nitrogens with two attached hydrogens (primary N) is 1. The number of likely N-dealkylation sites (tertiary alicyclic amines) is 1. The number of aryl methyl sites for hydroxylation is 2. The van der Waals surface area contributed by atoms with E-state index in [9.17, 15) is 9.65 Å². The van der Waals surface area contributed by atoms with Crippen molar-refractivity contribution >= 4 is 16.3 Å². The average Bonchev–Trinajstić information content (AvgIpc) is 3.76. The highest BCUT2D eigenvalue weighted by atomic mass is 32.1. The van der Waals surface area contributed by atoms with Crippen molar-refractivity contribution in [3.63, 3.8) is 0 Å². The minimum Gasteiger partial charge on any atom is -0.473 e. The van der Waals surface area contributed by atoms with Crippen LogP contribution in [0.3, 0.4) is 0 Å². The van der Waals surface area contributed by atoms with Crippen LogP contribution in [0.15, 0.2) is 22.9 Å². The molecule has 2 aliphatic rings. The summed E-state index contributed by atoms with van der Waals surface area (Å²) in [5.41, 5.74) is 10.6. The number of alkyl halides is 1. The summed E-state index contributed by atoms with van der Waals surface area (Å²) >= 11 is 1.50. The summed E-state index contributed by atoms with van der Waals surface area (Å²) in [5, 5.41) is 19.6. The number of thiophene rings is 1. The number of halogens is 1. The predicted octanol–water partition coefficient (Wildman–Crippen LogP) is 5.67. The highest BCUT2D eigenvalue weighted by Gasteiger charge is 2.36. The molecular formula is C31H37FN8O2S. The first kappa shape index (κ1) is 29.3. The zero-order valence-corrected chi connectivity index (χ0v) is 25.8. The van der Waals surface area contributed by atoms with Gasteiger partial charge < -0.3 is 15.0 Å². The summed E-state index contributed by atoms with van der Waals surface area (Å²) < 4.78 is 28.4. The molecule has 1 aliphatic heterocycles. The number of rotatable bonds is 9. The molecule has 0 aromatic carbocycles. The molecule has 226 valence electrons. The molecular weight excluding hydrogens is 567 g/mol. The van der Waals surface area contributed by atoms with Gasteiger partial charge in [-0.15, -0.1) is 11.3 Å². The smallest absolute Gasteiger partial charge is 0.217 e. The second kappa shape index (κ2) is 12.1. The highest BCUT2D eigenvalue weighted by Crippen LogP contribution is 2.47. The molecule has 1 fully saturated rings. The van der Waals surface area contributed by atoms with Crippen molar-refractivity contribution in [1.29, 1.82) is 5.26 Å². The van der Waals surface area contributed by atoms with Gasteiger partial charge in [-0.3, -0.25) is 9.58 Å². The van der Waals surface area contributed by atoms with Crippen LogP contribution in [0.5, 0.6) is 5.88 Å². The summed E-state index contributed by atoms with van der Waals surface area (Å²) in [7, 11) is 3.77. The number of nitrogen functional groups attached to an aromatic ring is 1. The Labute approximate surface area is 254 Å². The third kappa shape index (κ3) is 5.63. The van der Waals surface area contributed by atoms with Gasteiger partial charge in [0.05, 0.1) is 11.3 Å². The Morgan fingerprint density at radius 2 is 2.14 bits per heavy atom. The summed E-state index contributed by atoms with van der Waals surface area (Å²) in [6.45, 7) is 4.48. The number of nitrogens with zero attached hydrogens (tertiary/aromatic N) is 7. The zero-order valence-electron chi connectivity index (χ0n) is 25.0. The van der Waals surface area contributed by atoms with E-state index >= 15 is 0 Å². The van der Waals surface area contributed by atoms with Crippen LogP contribution in [0.2, 0.25) is 0 Å². The van der Waals surface area contributed by atoms with Gasteiger partial charge in [-0.1, -0.05) is 18.5 Å². The Hall–Kier alpha value is -3.82. The van der Waals surface area contributed by atoms with Crippen LogP contribution in [-0.2, 0) is 19.9 Å². The molecule has 0 saturated carbocycles. The Bertz CT molecular complexity index is 1660.